The summed E-state index contributed by atoms with van der Waals surface area (Å²) in [4.78, 5) is 0. The second-order valence-electron chi connectivity index (χ2n) is 5.47. The lowest BCUT2D eigenvalue weighted by Crippen LogP contribution is -2.30. The monoisotopic (exact) mass is 217 g/mol. The first kappa shape index (κ1) is 10.3. The second kappa shape index (κ2) is 3.86. The van der Waals surface area contributed by atoms with Gasteiger partial charge in [0.25, 0.3) is 0 Å². The van der Waals surface area contributed by atoms with Gasteiger partial charge in [-0.15, -0.1) is 0 Å². The van der Waals surface area contributed by atoms with Gasteiger partial charge >= 0.3 is 0 Å². The fourth-order valence-corrected chi connectivity index (χ4v) is 3.44. The average Bonchev–Trinajstić information content (AvgIpc) is 2.77. The third-order valence-electron chi connectivity index (χ3n) is 4.14. The standard InChI is InChI=1S/C14H19NO/c16-14(6-11-4-2-1-3-5-11)7-12-9-15-10-13(12)8-14/h1-5,12-13,15-16H,6-10H2. The van der Waals surface area contributed by atoms with Crippen molar-refractivity contribution in [2.45, 2.75) is 24.9 Å². The highest BCUT2D eigenvalue weighted by molar-refractivity contribution is 5.18. The minimum Gasteiger partial charge on any atom is -0.390 e. The Bertz CT molecular complexity index is 350. The normalized spacial score (nSPS) is 37.6. The van der Waals surface area contributed by atoms with Gasteiger partial charge in [0, 0.05) is 6.42 Å². The SMILES string of the molecule is OC1(Cc2ccccc2)CC2CNCC2C1. The van der Waals surface area contributed by atoms with E-state index in [0.29, 0.717) is 11.8 Å². The predicted octanol–water partition coefficient (Wildman–Crippen LogP) is 1.59. The number of fused-ring (bicyclic) bond motifs is 1. The molecule has 16 heavy (non-hydrogen) atoms. The molecule has 2 unspecified atom stereocenters. The zero-order valence-electron chi connectivity index (χ0n) is 9.52. The average molecular weight is 217 g/mol. The molecule has 1 saturated heterocycles. The molecule has 0 bridgehead atoms. The summed E-state index contributed by atoms with van der Waals surface area (Å²) in [5, 5.41) is 14.0. The highest BCUT2D eigenvalue weighted by Crippen LogP contribution is 2.42. The predicted molar refractivity (Wildman–Crippen MR) is 64.2 cm³/mol. The van der Waals surface area contributed by atoms with Gasteiger partial charge in [-0.3, -0.25) is 0 Å². The molecule has 1 aromatic carbocycles. The van der Waals surface area contributed by atoms with Crippen molar-refractivity contribution in [3.63, 3.8) is 0 Å². The molecule has 0 aromatic heterocycles. The molecule has 2 nitrogen and oxygen atoms in total. The Morgan fingerprint density at radius 3 is 2.38 bits per heavy atom. The van der Waals surface area contributed by atoms with Crippen LogP contribution in [0.15, 0.2) is 30.3 Å². The van der Waals surface area contributed by atoms with Gasteiger partial charge < -0.3 is 10.4 Å². The zero-order valence-corrected chi connectivity index (χ0v) is 9.52. The van der Waals surface area contributed by atoms with Crippen molar-refractivity contribution in [2.24, 2.45) is 11.8 Å². The fourth-order valence-electron chi connectivity index (χ4n) is 3.44. The highest BCUT2D eigenvalue weighted by atomic mass is 16.3. The Balaban J connectivity index is 1.71. The molecule has 0 spiro atoms. The van der Waals surface area contributed by atoms with Gasteiger partial charge in [-0.1, -0.05) is 30.3 Å². The lowest BCUT2D eigenvalue weighted by atomic mass is 9.91. The van der Waals surface area contributed by atoms with Gasteiger partial charge in [0.1, 0.15) is 0 Å². The Labute approximate surface area is 96.7 Å². The molecule has 2 heteroatoms. The molecular formula is C14H19NO. The molecule has 3 rings (SSSR count). The van der Waals surface area contributed by atoms with E-state index in [-0.39, 0.29) is 0 Å². The Morgan fingerprint density at radius 1 is 1.12 bits per heavy atom. The fraction of sp³-hybridized carbons (Fsp3) is 0.571. The van der Waals surface area contributed by atoms with E-state index in [2.05, 4.69) is 29.6 Å². The van der Waals surface area contributed by atoms with Gasteiger partial charge in [-0.05, 0) is 43.3 Å². The van der Waals surface area contributed by atoms with E-state index in [1.165, 1.54) is 5.56 Å². The number of hydrogen-bond donors (Lipinski definition) is 2. The number of hydrogen-bond acceptors (Lipinski definition) is 2. The summed E-state index contributed by atoms with van der Waals surface area (Å²) in [6.45, 7) is 2.20. The van der Waals surface area contributed by atoms with Crippen LogP contribution in [0.1, 0.15) is 18.4 Å². The minimum atomic E-state index is -0.446. The number of benzene rings is 1. The van der Waals surface area contributed by atoms with Crippen molar-refractivity contribution in [3.8, 4) is 0 Å². The maximum absolute atomic E-state index is 10.6. The smallest absolute Gasteiger partial charge is 0.0694 e. The van der Waals surface area contributed by atoms with Crippen molar-refractivity contribution >= 4 is 0 Å². The summed E-state index contributed by atoms with van der Waals surface area (Å²) < 4.78 is 0. The minimum absolute atomic E-state index is 0.446. The summed E-state index contributed by atoms with van der Waals surface area (Å²) >= 11 is 0. The Hall–Kier alpha value is -0.860. The topological polar surface area (TPSA) is 32.3 Å². The first-order valence-corrected chi connectivity index (χ1v) is 6.22. The molecule has 86 valence electrons. The van der Waals surface area contributed by atoms with Gasteiger partial charge in [-0.2, -0.15) is 0 Å². The second-order valence-corrected chi connectivity index (χ2v) is 5.47. The molecule has 2 aliphatic rings. The van der Waals surface area contributed by atoms with Crippen LogP contribution in [0.5, 0.6) is 0 Å². The summed E-state index contributed by atoms with van der Waals surface area (Å²) in [5.41, 5.74) is 0.816. The maximum atomic E-state index is 10.6. The highest BCUT2D eigenvalue weighted by Gasteiger charge is 2.45. The number of nitrogens with one attached hydrogen (secondary N) is 1. The van der Waals surface area contributed by atoms with Crippen LogP contribution < -0.4 is 5.32 Å². The Morgan fingerprint density at radius 2 is 1.75 bits per heavy atom. The van der Waals surface area contributed by atoms with Crippen LogP contribution in [0.25, 0.3) is 0 Å². The third kappa shape index (κ3) is 1.87. The van der Waals surface area contributed by atoms with Crippen LogP contribution in [0.3, 0.4) is 0 Å². The van der Waals surface area contributed by atoms with E-state index in [1.54, 1.807) is 0 Å². The first-order chi connectivity index (χ1) is 7.75. The van der Waals surface area contributed by atoms with E-state index in [4.69, 9.17) is 0 Å². The lowest BCUT2D eigenvalue weighted by molar-refractivity contribution is 0.0399. The van der Waals surface area contributed by atoms with Crippen molar-refractivity contribution in [2.75, 3.05) is 13.1 Å². The quantitative estimate of drug-likeness (QED) is 0.788. The van der Waals surface area contributed by atoms with E-state index < -0.39 is 5.60 Å². The summed E-state index contributed by atoms with van der Waals surface area (Å²) in [6, 6.07) is 10.4. The molecule has 1 aliphatic heterocycles. The summed E-state index contributed by atoms with van der Waals surface area (Å²) in [5.74, 6) is 1.41. The lowest BCUT2D eigenvalue weighted by Gasteiger charge is -2.23. The van der Waals surface area contributed by atoms with Crippen molar-refractivity contribution in [3.05, 3.63) is 35.9 Å². The van der Waals surface area contributed by atoms with E-state index in [9.17, 15) is 5.11 Å². The molecule has 2 fully saturated rings. The molecule has 1 aliphatic carbocycles. The largest absolute Gasteiger partial charge is 0.390 e. The van der Waals surface area contributed by atoms with Crippen LogP contribution in [0.4, 0.5) is 0 Å². The van der Waals surface area contributed by atoms with Gasteiger partial charge in [0.15, 0.2) is 0 Å². The maximum Gasteiger partial charge on any atom is 0.0694 e. The Kier molecular flexibility index (Phi) is 2.49. The van der Waals surface area contributed by atoms with Crippen molar-refractivity contribution in [1.82, 2.24) is 5.32 Å². The van der Waals surface area contributed by atoms with Gasteiger partial charge in [0.05, 0.1) is 5.60 Å². The van der Waals surface area contributed by atoms with Gasteiger partial charge in [0.2, 0.25) is 0 Å². The van der Waals surface area contributed by atoms with Crippen LogP contribution in [-0.4, -0.2) is 23.8 Å². The number of aliphatic hydroxyl groups is 1. The third-order valence-corrected chi connectivity index (χ3v) is 4.14. The zero-order chi connectivity index (χ0) is 11.0. The van der Waals surface area contributed by atoms with Crippen LogP contribution in [-0.2, 0) is 6.42 Å². The van der Waals surface area contributed by atoms with Crippen LogP contribution in [0, 0.1) is 11.8 Å². The summed E-state index contributed by atoms with van der Waals surface area (Å²) in [6.07, 6.45) is 2.76. The number of rotatable bonds is 2. The molecule has 2 atom stereocenters. The molecule has 2 N–H and O–H groups in total. The molecule has 1 heterocycles. The molecule has 1 saturated carbocycles. The molecule has 0 amide bonds. The van der Waals surface area contributed by atoms with E-state index in [1.807, 2.05) is 6.07 Å². The van der Waals surface area contributed by atoms with Crippen LogP contribution in [0.2, 0.25) is 0 Å². The molecule has 1 aromatic rings. The molecule has 0 radical (unpaired) electrons. The van der Waals surface area contributed by atoms with E-state index in [0.717, 1.165) is 32.4 Å². The van der Waals surface area contributed by atoms with E-state index >= 15 is 0 Å². The summed E-state index contributed by atoms with van der Waals surface area (Å²) in [7, 11) is 0. The van der Waals surface area contributed by atoms with Crippen molar-refractivity contribution in [1.29, 1.82) is 0 Å². The molecular weight excluding hydrogens is 198 g/mol. The van der Waals surface area contributed by atoms with Gasteiger partial charge in [-0.25, -0.2) is 0 Å². The first-order valence-electron chi connectivity index (χ1n) is 6.22. The van der Waals surface area contributed by atoms with Crippen molar-refractivity contribution < 1.29 is 5.11 Å². The van der Waals surface area contributed by atoms with Crippen LogP contribution >= 0.6 is 0 Å².